The monoisotopic (exact) mass is 493 g/mol. The highest BCUT2D eigenvalue weighted by atomic mass is 32.2. The summed E-state index contributed by atoms with van der Waals surface area (Å²) in [5.41, 5.74) is 7.40. The maximum atomic E-state index is 12.9. The number of amides is 1. The van der Waals surface area contributed by atoms with Gasteiger partial charge in [0.2, 0.25) is 11.6 Å². The van der Waals surface area contributed by atoms with Crippen LogP contribution in [0.2, 0.25) is 0 Å². The number of aromatic nitrogens is 8. The highest BCUT2D eigenvalue weighted by molar-refractivity contribution is 7.98. The van der Waals surface area contributed by atoms with Crippen molar-refractivity contribution in [2.24, 2.45) is 12.1 Å². The molecule has 0 saturated heterocycles. The first-order chi connectivity index (χ1) is 16.2. The number of nitrogens with one attached hydrogen (secondary N) is 1. The smallest absolute Gasteiger partial charge is 0.378 e. The molecule has 1 amide bonds. The van der Waals surface area contributed by atoms with E-state index in [0.717, 1.165) is 18.3 Å². The van der Waals surface area contributed by atoms with Crippen LogP contribution in [0.3, 0.4) is 0 Å². The van der Waals surface area contributed by atoms with Crippen molar-refractivity contribution in [3.8, 4) is 5.82 Å². The Morgan fingerprint density at radius 1 is 1.32 bits per heavy atom. The highest BCUT2D eigenvalue weighted by Crippen LogP contribution is 2.29. The van der Waals surface area contributed by atoms with Gasteiger partial charge in [0.1, 0.15) is 6.33 Å². The standard InChI is InChI=1S/C17H14F3N11O2S/c1-30-8-23-26-16(30)34-7-11-12(24-29-31(11)14-13(21)27-33-28-14)15(32)25-22-6-9-3-2-4-10(5-9)17(18,19)20/h2-6,8H,7H2,1H3,(H2,21,27)(H,25,32). The van der Waals surface area contributed by atoms with Crippen LogP contribution in [0.15, 0.2) is 45.5 Å². The third kappa shape index (κ3) is 4.87. The first-order valence-corrected chi connectivity index (χ1v) is 10.2. The molecule has 0 aliphatic carbocycles. The number of halogens is 3. The number of benzene rings is 1. The van der Waals surface area contributed by atoms with Gasteiger partial charge in [-0.2, -0.15) is 23.0 Å². The van der Waals surface area contributed by atoms with Gasteiger partial charge in [-0.15, -0.1) is 15.3 Å². The number of aryl methyl sites for hydroxylation is 1. The van der Waals surface area contributed by atoms with E-state index < -0.39 is 17.6 Å². The van der Waals surface area contributed by atoms with Crippen molar-refractivity contribution in [3.05, 3.63) is 53.1 Å². The maximum absolute atomic E-state index is 12.9. The Bertz CT molecular complexity index is 1340. The predicted octanol–water partition coefficient (Wildman–Crippen LogP) is 1.44. The van der Waals surface area contributed by atoms with Crippen LogP contribution in [0.4, 0.5) is 19.0 Å². The number of alkyl halides is 3. The molecule has 3 N–H and O–H groups in total. The van der Waals surface area contributed by atoms with Gasteiger partial charge in [-0.1, -0.05) is 29.1 Å². The average molecular weight is 493 g/mol. The van der Waals surface area contributed by atoms with E-state index in [1.54, 1.807) is 11.6 Å². The molecule has 0 fully saturated rings. The molecule has 1 aromatic carbocycles. The van der Waals surface area contributed by atoms with Crippen molar-refractivity contribution < 1.29 is 22.6 Å². The Kier molecular flexibility index (Phi) is 6.26. The molecule has 4 rings (SSSR count). The third-order valence-electron chi connectivity index (χ3n) is 4.28. The van der Waals surface area contributed by atoms with Gasteiger partial charge in [0.15, 0.2) is 10.9 Å². The van der Waals surface area contributed by atoms with Gasteiger partial charge in [-0.25, -0.2) is 10.1 Å². The fourth-order valence-corrected chi connectivity index (χ4v) is 3.55. The second-order valence-electron chi connectivity index (χ2n) is 6.61. The number of carbonyl (C=O) groups is 1. The summed E-state index contributed by atoms with van der Waals surface area (Å²) in [6.07, 6.45) is -1.92. The maximum Gasteiger partial charge on any atom is 0.416 e. The number of carbonyl (C=O) groups excluding carboxylic acids is 1. The molecule has 0 radical (unpaired) electrons. The molecular weight excluding hydrogens is 479 g/mol. The molecule has 13 nitrogen and oxygen atoms in total. The normalized spacial score (nSPS) is 11.9. The molecule has 0 atom stereocenters. The van der Waals surface area contributed by atoms with Gasteiger partial charge in [-0.3, -0.25) is 4.79 Å². The minimum Gasteiger partial charge on any atom is -0.378 e. The van der Waals surface area contributed by atoms with Crippen molar-refractivity contribution in [2.75, 3.05) is 5.73 Å². The van der Waals surface area contributed by atoms with Crippen molar-refractivity contribution in [3.63, 3.8) is 0 Å². The van der Waals surface area contributed by atoms with Crippen molar-refractivity contribution in [2.45, 2.75) is 17.1 Å². The van der Waals surface area contributed by atoms with Crippen LogP contribution >= 0.6 is 11.8 Å². The van der Waals surface area contributed by atoms with Gasteiger partial charge in [0.25, 0.3) is 5.91 Å². The molecule has 0 aliphatic heterocycles. The lowest BCUT2D eigenvalue weighted by atomic mass is 10.1. The minimum absolute atomic E-state index is 0.0209. The lowest BCUT2D eigenvalue weighted by Crippen LogP contribution is -2.20. The molecule has 0 unspecified atom stereocenters. The molecular formula is C17H14F3N11O2S. The van der Waals surface area contributed by atoms with Crippen molar-refractivity contribution in [1.29, 1.82) is 0 Å². The third-order valence-corrected chi connectivity index (χ3v) is 5.32. The topological polar surface area (TPSA) is 168 Å². The van der Waals surface area contributed by atoms with E-state index in [1.807, 2.05) is 0 Å². The largest absolute Gasteiger partial charge is 0.416 e. The van der Waals surface area contributed by atoms with E-state index >= 15 is 0 Å². The van der Waals surface area contributed by atoms with Crippen molar-refractivity contribution in [1.82, 2.24) is 45.5 Å². The molecule has 0 aliphatic rings. The van der Waals surface area contributed by atoms with E-state index in [2.05, 4.69) is 46.0 Å². The van der Waals surface area contributed by atoms with Gasteiger partial charge >= 0.3 is 6.18 Å². The number of anilines is 1. The first kappa shape index (κ1) is 22.9. The van der Waals surface area contributed by atoms with Gasteiger partial charge < -0.3 is 10.3 Å². The van der Waals surface area contributed by atoms with Crippen LogP contribution in [-0.4, -0.2) is 52.2 Å². The summed E-state index contributed by atoms with van der Waals surface area (Å²) >= 11 is 1.23. The Balaban J connectivity index is 1.56. The van der Waals surface area contributed by atoms with E-state index in [1.165, 1.54) is 34.9 Å². The summed E-state index contributed by atoms with van der Waals surface area (Å²) in [5.74, 6) is -0.679. The first-order valence-electron chi connectivity index (χ1n) is 9.24. The minimum atomic E-state index is -4.50. The zero-order valence-corrected chi connectivity index (χ0v) is 17.9. The fraction of sp³-hybridized carbons (Fsp3) is 0.176. The molecule has 0 bridgehead atoms. The number of nitrogens with zero attached hydrogens (tertiary/aromatic N) is 9. The fourth-order valence-electron chi connectivity index (χ4n) is 2.67. The highest BCUT2D eigenvalue weighted by Gasteiger charge is 2.30. The van der Waals surface area contributed by atoms with E-state index in [4.69, 9.17) is 5.73 Å². The van der Waals surface area contributed by atoms with Crippen LogP contribution in [0.1, 0.15) is 27.3 Å². The lowest BCUT2D eigenvalue weighted by molar-refractivity contribution is -0.137. The quantitative estimate of drug-likeness (QED) is 0.218. The van der Waals surface area contributed by atoms with Crippen LogP contribution in [-0.2, 0) is 19.0 Å². The second kappa shape index (κ2) is 9.30. The zero-order valence-electron chi connectivity index (χ0n) is 17.1. The Morgan fingerprint density at radius 2 is 2.15 bits per heavy atom. The number of hydrazone groups is 1. The van der Waals surface area contributed by atoms with Crippen LogP contribution in [0.25, 0.3) is 5.82 Å². The summed E-state index contributed by atoms with van der Waals surface area (Å²) in [7, 11) is 1.74. The van der Waals surface area contributed by atoms with Gasteiger partial charge in [-0.05, 0) is 28.0 Å². The Morgan fingerprint density at radius 3 is 2.82 bits per heavy atom. The van der Waals surface area contributed by atoms with Crippen LogP contribution in [0, 0.1) is 0 Å². The summed E-state index contributed by atoms with van der Waals surface area (Å²) in [6.45, 7) is 0. The molecule has 0 saturated carbocycles. The summed E-state index contributed by atoms with van der Waals surface area (Å²) in [4.78, 5) is 12.7. The molecule has 176 valence electrons. The Hall–Kier alpha value is -4.28. The molecule has 34 heavy (non-hydrogen) atoms. The van der Waals surface area contributed by atoms with Gasteiger partial charge in [0.05, 0.1) is 17.5 Å². The summed E-state index contributed by atoms with van der Waals surface area (Å²) in [6, 6.07) is 4.47. The molecule has 17 heteroatoms. The molecule has 3 heterocycles. The number of nitrogen functional groups attached to an aromatic ring is 1. The molecule has 3 aromatic heterocycles. The molecule has 4 aromatic rings. The van der Waals surface area contributed by atoms with Gasteiger partial charge in [0, 0.05) is 12.8 Å². The zero-order chi connectivity index (χ0) is 24.3. The SMILES string of the molecule is Cn1cnnc1SCc1c(C(=O)NN=Cc2cccc(C(F)(F)F)c2)nnn1-c1nonc1N. The van der Waals surface area contributed by atoms with E-state index in [0.29, 0.717) is 5.16 Å². The summed E-state index contributed by atoms with van der Waals surface area (Å²) in [5, 5.41) is 26.9. The second-order valence-corrected chi connectivity index (χ2v) is 7.55. The average Bonchev–Trinajstić information content (AvgIpc) is 3.51. The number of nitrogens with two attached hydrogens (primary N) is 1. The summed E-state index contributed by atoms with van der Waals surface area (Å²) < 4.78 is 46.0. The number of hydrogen-bond acceptors (Lipinski definition) is 11. The van der Waals surface area contributed by atoms with E-state index in [-0.39, 0.29) is 34.3 Å². The van der Waals surface area contributed by atoms with E-state index in [9.17, 15) is 18.0 Å². The van der Waals surface area contributed by atoms with Crippen LogP contribution in [0.5, 0.6) is 0 Å². The van der Waals surface area contributed by atoms with Crippen molar-refractivity contribution >= 4 is 29.7 Å². The number of hydrogen-bond donors (Lipinski definition) is 2. The van der Waals surface area contributed by atoms with Crippen LogP contribution < -0.4 is 11.2 Å². The predicted molar refractivity (Wildman–Crippen MR) is 111 cm³/mol. The molecule has 0 spiro atoms. The lowest BCUT2D eigenvalue weighted by Gasteiger charge is -2.06. The Labute approximate surface area is 192 Å². The number of rotatable bonds is 7. The number of thioether (sulfide) groups is 1.